The van der Waals surface area contributed by atoms with E-state index in [1.807, 2.05) is 37.3 Å². The number of hydrogen-bond donors (Lipinski definition) is 0. The molecule has 0 saturated heterocycles. The SMILES string of the molecule is CCC(=O)OC(CC)(C(=O)CC)c1ccccc1. The van der Waals surface area contributed by atoms with E-state index in [2.05, 4.69) is 0 Å². The standard InChI is InChI=1S/C15H20O3/c1-4-13(16)15(6-3,18-14(17)5-2)12-10-8-7-9-11-12/h7-11H,4-6H2,1-3H3. The Kier molecular flexibility index (Phi) is 5.08. The fourth-order valence-corrected chi connectivity index (χ4v) is 2.01. The van der Waals surface area contributed by atoms with E-state index in [-0.39, 0.29) is 18.2 Å². The molecule has 0 N–H and O–H groups in total. The van der Waals surface area contributed by atoms with E-state index in [1.54, 1.807) is 13.8 Å². The maximum Gasteiger partial charge on any atom is 0.306 e. The molecule has 3 heteroatoms. The predicted octanol–water partition coefficient (Wildman–Crippen LogP) is 3.22. The van der Waals surface area contributed by atoms with Gasteiger partial charge in [0.05, 0.1) is 0 Å². The fourth-order valence-electron chi connectivity index (χ4n) is 2.01. The molecule has 0 saturated carbocycles. The molecule has 3 nitrogen and oxygen atoms in total. The average Bonchev–Trinajstić information content (AvgIpc) is 2.44. The Morgan fingerprint density at radius 2 is 1.67 bits per heavy atom. The van der Waals surface area contributed by atoms with Crippen molar-refractivity contribution in [2.45, 2.75) is 45.6 Å². The number of rotatable bonds is 6. The molecule has 1 atom stereocenters. The van der Waals surface area contributed by atoms with E-state index in [9.17, 15) is 9.59 Å². The van der Waals surface area contributed by atoms with Crippen LogP contribution in [0.15, 0.2) is 30.3 Å². The van der Waals surface area contributed by atoms with Gasteiger partial charge in [0.1, 0.15) is 0 Å². The van der Waals surface area contributed by atoms with Crippen molar-refractivity contribution in [1.29, 1.82) is 0 Å². The Morgan fingerprint density at radius 1 is 1.06 bits per heavy atom. The number of esters is 1. The van der Waals surface area contributed by atoms with Crippen LogP contribution in [0.1, 0.15) is 45.6 Å². The molecule has 0 radical (unpaired) electrons. The van der Waals surface area contributed by atoms with Crippen molar-refractivity contribution in [3.8, 4) is 0 Å². The van der Waals surface area contributed by atoms with Gasteiger partial charge in [-0.2, -0.15) is 0 Å². The number of ether oxygens (including phenoxy) is 1. The van der Waals surface area contributed by atoms with Crippen LogP contribution in [0.3, 0.4) is 0 Å². The fraction of sp³-hybridized carbons (Fsp3) is 0.467. The molecule has 18 heavy (non-hydrogen) atoms. The Hall–Kier alpha value is -1.64. The van der Waals surface area contributed by atoms with Crippen LogP contribution in [0.5, 0.6) is 0 Å². The molecular formula is C15H20O3. The van der Waals surface area contributed by atoms with Crippen LogP contribution < -0.4 is 0 Å². The van der Waals surface area contributed by atoms with Gasteiger partial charge >= 0.3 is 5.97 Å². The normalized spacial score (nSPS) is 13.7. The highest BCUT2D eigenvalue weighted by Gasteiger charge is 2.40. The van der Waals surface area contributed by atoms with Crippen molar-refractivity contribution in [2.75, 3.05) is 0 Å². The molecule has 98 valence electrons. The van der Waals surface area contributed by atoms with Gasteiger partial charge in [0.25, 0.3) is 0 Å². The van der Waals surface area contributed by atoms with Gasteiger partial charge in [-0.3, -0.25) is 9.59 Å². The van der Waals surface area contributed by atoms with Gasteiger partial charge in [-0.1, -0.05) is 51.1 Å². The second kappa shape index (κ2) is 6.34. The predicted molar refractivity (Wildman–Crippen MR) is 70.1 cm³/mol. The largest absolute Gasteiger partial charge is 0.446 e. The van der Waals surface area contributed by atoms with Gasteiger partial charge in [-0.05, 0) is 6.42 Å². The highest BCUT2D eigenvalue weighted by Crippen LogP contribution is 2.32. The number of carbonyl (C=O) groups is 2. The third kappa shape index (κ3) is 2.78. The Balaban J connectivity index is 3.22. The molecule has 1 unspecified atom stereocenters. The topological polar surface area (TPSA) is 43.4 Å². The number of hydrogen-bond acceptors (Lipinski definition) is 3. The second-order valence-corrected chi connectivity index (χ2v) is 4.15. The molecule has 0 aromatic heterocycles. The molecule has 1 aromatic carbocycles. The molecule has 0 heterocycles. The lowest BCUT2D eigenvalue weighted by molar-refractivity contribution is -0.169. The zero-order valence-corrected chi connectivity index (χ0v) is 11.2. The van der Waals surface area contributed by atoms with Gasteiger partial charge in [-0.15, -0.1) is 0 Å². The summed E-state index contributed by atoms with van der Waals surface area (Å²) >= 11 is 0. The molecule has 1 aromatic rings. The summed E-state index contributed by atoms with van der Waals surface area (Å²) in [5.41, 5.74) is -0.371. The van der Waals surface area contributed by atoms with Gasteiger partial charge in [-0.25, -0.2) is 0 Å². The van der Waals surface area contributed by atoms with E-state index in [0.717, 1.165) is 5.56 Å². The first kappa shape index (κ1) is 14.4. The van der Waals surface area contributed by atoms with Crippen LogP contribution in [0.25, 0.3) is 0 Å². The maximum atomic E-state index is 12.2. The van der Waals surface area contributed by atoms with Crippen molar-refractivity contribution in [2.24, 2.45) is 0 Å². The summed E-state index contributed by atoms with van der Waals surface area (Å²) in [6.07, 6.45) is 1.07. The summed E-state index contributed by atoms with van der Waals surface area (Å²) in [5, 5.41) is 0. The van der Waals surface area contributed by atoms with Crippen molar-refractivity contribution in [3.05, 3.63) is 35.9 Å². The van der Waals surface area contributed by atoms with Crippen LogP contribution >= 0.6 is 0 Å². The molecule has 0 amide bonds. The molecular weight excluding hydrogens is 228 g/mol. The number of carbonyl (C=O) groups excluding carboxylic acids is 2. The Labute approximate surface area is 108 Å². The van der Waals surface area contributed by atoms with Crippen molar-refractivity contribution in [3.63, 3.8) is 0 Å². The molecule has 0 fully saturated rings. The van der Waals surface area contributed by atoms with Crippen molar-refractivity contribution in [1.82, 2.24) is 0 Å². The van der Waals surface area contributed by atoms with Crippen LogP contribution in [0.2, 0.25) is 0 Å². The van der Waals surface area contributed by atoms with Crippen molar-refractivity contribution < 1.29 is 14.3 Å². The number of benzene rings is 1. The van der Waals surface area contributed by atoms with Crippen LogP contribution in [0, 0.1) is 0 Å². The monoisotopic (exact) mass is 248 g/mol. The van der Waals surface area contributed by atoms with E-state index in [0.29, 0.717) is 12.8 Å². The molecule has 0 spiro atoms. The molecule has 0 bridgehead atoms. The van der Waals surface area contributed by atoms with E-state index >= 15 is 0 Å². The first-order valence-corrected chi connectivity index (χ1v) is 6.41. The smallest absolute Gasteiger partial charge is 0.306 e. The Bertz CT molecular complexity index is 411. The van der Waals surface area contributed by atoms with Gasteiger partial charge in [0.15, 0.2) is 11.4 Å². The summed E-state index contributed by atoms with van der Waals surface area (Å²) in [5.74, 6) is -0.402. The highest BCUT2D eigenvalue weighted by molar-refractivity contribution is 5.90. The quantitative estimate of drug-likeness (QED) is 0.726. The number of ketones is 1. The summed E-state index contributed by atoms with van der Waals surface area (Å²) in [7, 11) is 0. The number of Topliss-reactive ketones (excluding diaryl/α,β-unsaturated/α-hetero) is 1. The molecule has 1 rings (SSSR count). The first-order valence-electron chi connectivity index (χ1n) is 6.41. The van der Waals surface area contributed by atoms with Crippen molar-refractivity contribution >= 4 is 11.8 Å². The summed E-state index contributed by atoms with van der Waals surface area (Å²) in [6, 6.07) is 9.24. The average molecular weight is 248 g/mol. The maximum absolute atomic E-state index is 12.2. The third-order valence-corrected chi connectivity index (χ3v) is 3.09. The zero-order valence-electron chi connectivity index (χ0n) is 11.2. The summed E-state index contributed by atoms with van der Waals surface area (Å²) in [4.78, 5) is 23.8. The van der Waals surface area contributed by atoms with Gasteiger partial charge in [0, 0.05) is 18.4 Å². The summed E-state index contributed by atoms with van der Waals surface area (Å²) < 4.78 is 5.49. The van der Waals surface area contributed by atoms with E-state index < -0.39 is 5.60 Å². The first-order chi connectivity index (χ1) is 8.60. The minimum Gasteiger partial charge on any atom is -0.446 e. The highest BCUT2D eigenvalue weighted by atomic mass is 16.6. The van der Waals surface area contributed by atoms with Gasteiger partial charge < -0.3 is 4.74 Å². The third-order valence-electron chi connectivity index (χ3n) is 3.09. The minimum absolute atomic E-state index is 0.0574. The minimum atomic E-state index is -1.12. The Morgan fingerprint density at radius 3 is 2.11 bits per heavy atom. The lowest BCUT2D eigenvalue weighted by Crippen LogP contribution is -2.39. The van der Waals surface area contributed by atoms with E-state index in [1.165, 1.54) is 0 Å². The van der Waals surface area contributed by atoms with Crippen LogP contribution in [-0.4, -0.2) is 11.8 Å². The van der Waals surface area contributed by atoms with Gasteiger partial charge in [0.2, 0.25) is 0 Å². The van der Waals surface area contributed by atoms with E-state index in [4.69, 9.17) is 4.74 Å². The second-order valence-electron chi connectivity index (χ2n) is 4.15. The molecule has 0 aliphatic heterocycles. The van der Waals surface area contributed by atoms with Crippen LogP contribution in [0.4, 0.5) is 0 Å². The summed E-state index contributed by atoms with van der Waals surface area (Å²) in [6.45, 7) is 5.38. The van der Waals surface area contributed by atoms with Crippen LogP contribution in [-0.2, 0) is 19.9 Å². The lowest BCUT2D eigenvalue weighted by atomic mass is 9.85. The molecule has 0 aliphatic rings. The zero-order chi connectivity index (χ0) is 13.6. The lowest BCUT2D eigenvalue weighted by Gasteiger charge is -2.31. The molecule has 0 aliphatic carbocycles.